The number of rotatable bonds is 6. The topological polar surface area (TPSA) is 97.4 Å². The summed E-state index contributed by atoms with van der Waals surface area (Å²) in [7, 11) is 2.89. The average molecular weight is 283 g/mol. The summed E-state index contributed by atoms with van der Waals surface area (Å²) in [6.45, 7) is 2.51. The fourth-order valence-electron chi connectivity index (χ4n) is 1.55. The highest BCUT2D eigenvalue weighted by molar-refractivity contribution is 7.18. The van der Waals surface area contributed by atoms with E-state index in [-0.39, 0.29) is 22.2 Å². The summed E-state index contributed by atoms with van der Waals surface area (Å²) in [5.74, 6) is -0.535. The van der Waals surface area contributed by atoms with Gasteiger partial charge in [-0.3, -0.25) is 0 Å². The number of esters is 1. The van der Waals surface area contributed by atoms with Crippen LogP contribution in [0.15, 0.2) is 0 Å². The predicted molar refractivity (Wildman–Crippen MR) is 74.4 cm³/mol. The van der Waals surface area contributed by atoms with E-state index in [1.807, 2.05) is 13.0 Å². The standard InChI is InChI=1S/C12H17N3O3S/c1-4-7(6-17-2)15-11-8(5-13)9(14)10(19-11)12(16)18-3/h7,15H,4,6,14H2,1-3H3. The number of anilines is 2. The van der Waals surface area contributed by atoms with Crippen molar-refractivity contribution < 1.29 is 14.3 Å². The molecule has 0 aromatic carbocycles. The first-order valence-corrected chi connectivity index (χ1v) is 6.56. The van der Waals surface area contributed by atoms with Gasteiger partial charge in [0.1, 0.15) is 21.5 Å². The highest BCUT2D eigenvalue weighted by atomic mass is 32.1. The van der Waals surface area contributed by atoms with Gasteiger partial charge < -0.3 is 20.5 Å². The van der Waals surface area contributed by atoms with E-state index in [0.717, 1.165) is 17.8 Å². The van der Waals surface area contributed by atoms with Crippen molar-refractivity contribution in [2.75, 3.05) is 31.9 Å². The summed E-state index contributed by atoms with van der Waals surface area (Å²) in [5.41, 5.74) is 6.24. The smallest absolute Gasteiger partial charge is 0.350 e. The number of hydrogen-bond acceptors (Lipinski definition) is 7. The fraction of sp³-hybridized carbons (Fsp3) is 0.500. The van der Waals surface area contributed by atoms with Crippen LogP contribution in [0.2, 0.25) is 0 Å². The third kappa shape index (κ3) is 3.36. The van der Waals surface area contributed by atoms with Gasteiger partial charge in [-0.25, -0.2) is 4.79 Å². The third-order valence-corrected chi connectivity index (χ3v) is 3.74. The molecule has 0 amide bonds. The van der Waals surface area contributed by atoms with E-state index >= 15 is 0 Å². The summed E-state index contributed by atoms with van der Waals surface area (Å²) in [5, 5.41) is 12.9. The molecule has 1 heterocycles. The summed E-state index contributed by atoms with van der Waals surface area (Å²) in [6.07, 6.45) is 0.823. The number of nitrogens with zero attached hydrogens (tertiary/aromatic N) is 1. The number of nitriles is 1. The Hall–Kier alpha value is -1.78. The number of carbonyl (C=O) groups excluding carboxylic acids is 1. The molecule has 7 heteroatoms. The van der Waals surface area contributed by atoms with E-state index in [4.69, 9.17) is 15.7 Å². The lowest BCUT2D eigenvalue weighted by Crippen LogP contribution is -2.23. The van der Waals surface area contributed by atoms with Crippen LogP contribution in [0.4, 0.5) is 10.7 Å². The summed E-state index contributed by atoms with van der Waals surface area (Å²) in [4.78, 5) is 11.8. The van der Waals surface area contributed by atoms with Gasteiger partial charge in [0, 0.05) is 13.2 Å². The Morgan fingerprint density at radius 2 is 2.26 bits per heavy atom. The van der Waals surface area contributed by atoms with Crippen molar-refractivity contribution in [3.63, 3.8) is 0 Å². The van der Waals surface area contributed by atoms with E-state index in [1.165, 1.54) is 7.11 Å². The minimum Gasteiger partial charge on any atom is -0.465 e. The van der Waals surface area contributed by atoms with Crippen LogP contribution in [-0.4, -0.2) is 32.8 Å². The Kier molecular flexibility index (Phi) is 5.60. The summed E-state index contributed by atoms with van der Waals surface area (Å²) >= 11 is 1.12. The molecule has 1 aromatic heterocycles. The van der Waals surface area contributed by atoms with Crippen molar-refractivity contribution in [3.05, 3.63) is 10.4 Å². The monoisotopic (exact) mass is 283 g/mol. The number of nitrogens with two attached hydrogens (primary N) is 1. The van der Waals surface area contributed by atoms with Crippen LogP contribution in [0.5, 0.6) is 0 Å². The van der Waals surface area contributed by atoms with Crippen molar-refractivity contribution in [2.24, 2.45) is 0 Å². The lowest BCUT2D eigenvalue weighted by atomic mass is 10.2. The fourth-order valence-corrected chi connectivity index (χ4v) is 2.62. The predicted octanol–water partition coefficient (Wildman–Crippen LogP) is 1.83. The molecule has 1 unspecified atom stereocenters. The van der Waals surface area contributed by atoms with Gasteiger partial charge in [-0.05, 0) is 6.42 Å². The molecule has 0 bridgehead atoms. The van der Waals surface area contributed by atoms with Gasteiger partial charge in [0.25, 0.3) is 0 Å². The second kappa shape index (κ2) is 6.97. The zero-order valence-corrected chi connectivity index (χ0v) is 12.0. The molecule has 0 aliphatic heterocycles. The average Bonchev–Trinajstić information content (AvgIpc) is 2.73. The zero-order chi connectivity index (χ0) is 14.4. The number of ether oxygens (including phenoxy) is 2. The normalized spacial score (nSPS) is 11.7. The molecule has 0 radical (unpaired) electrons. The van der Waals surface area contributed by atoms with Gasteiger partial charge in [-0.15, -0.1) is 11.3 Å². The van der Waals surface area contributed by atoms with E-state index in [0.29, 0.717) is 11.6 Å². The summed E-state index contributed by atoms with van der Waals surface area (Å²) in [6, 6.07) is 2.07. The van der Waals surface area contributed by atoms with E-state index < -0.39 is 5.97 Å². The van der Waals surface area contributed by atoms with Gasteiger partial charge in [0.2, 0.25) is 0 Å². The van der Waals surface area contributed by atoms with Crippen LogP contribution in [0, 0.1) is 11.3 Å². The first-order chi connectivity index (χ1) is 9.08. The van der Waals surface area contributed by atoms with Crippen molar-refractivity contribution >= 4 is 28.0 Å². The van der Waals surface area contributed by atoms with Crippen LogP contribution in [0.1, 0.15) is 28.6 Å². The number of carbonyl (C=O) groups is 1. The molecule has 3 N–H and O–H groups in total. The molecule has 0 fully saturated rings. The van der Waals surface area contributed by atoms with Gasteiger partial charge in [0.15, 0.2) is 0 Å². The molecule has 1 aromatic rings. The quantitative estimate of drug-likeness (QED) is 0.773. The Labute approximate surface area is 116 Å². The Bertz CT molecular complexity index is 493. The van der Waals surface area contributed by atoms with Gasteiger partial charge in [-0.1, -0.05) is 6.92 Å². The van der Waals surface area contributed by atoms with E-state index in [9.17, 15) is 4.79 Å². The van der Waals surface area contributed by atoms with Crippen LogP contribution >= 0.6 is 11.3 Å². The maximum absolute atomic E-state index is 11.5. The van der Waals surface area contributed by atoms with Crippen LogP contribution in [0.3, 0.4) is 0 Å². The Morgan fingerprint density at radius 1 is 1.58 bits per heavy atom. The van der Waals surface area contributed by atoms with Gasteiger partial charge in [0.05, 0.1) is 19.4 Å². The summed E-state index contributed by atoms with van der Waals surface area (Å²) < 4.78 is 9.72. The molecule has 0 spiro atoms. The molecule has 1 atom stereocenters. The molecule has 19 heavy (non-hydrogen) atoms. The number of methoxy groups -OCH3 is 2. The van der Waals surface area contributed by atoms with Crippen molar-refractivity contribution in [3.8, 4) is 6.07 Å². The largest absolute Gasteiger partial charge is 0.465 e. The first kappa shape index (κ1) is 15.3. The molecule has 6 nitrogen and oxygen atoms in total. The molecule has 0 saturated carbocycles. The van der Waals surface area contributed by atoms with E-state index in [2.05, 4.69) is 10.1 Å². The maximum atomic E-state index is 11.5. The molecule has 1 rings (SSSR count). The molecular formula is C12H17N3O3S. The third-order valence-electron chi connectivity index (χ3n) is 2.62. The van der Waals surface area contributed by atoms with Crippen molar-refractivity contribution in [1.82, 2.24) is 0 Å². The maximum Gasteiger partial charge on any atom is 0.350 e. The lowest BCUT2D eigenvalue weighted by molar-refractivity contribution is 0.0607. The van der Waals surface area contributed by atoms with Crippen LogP contribution < -0.4 is 11.1 Å². The number of hydrogen-bond donors (Lipinski definition) is 2. The molecule has 104 valence electrons. The molecular weight excluding hydrogens is 266 g/mol. The van der Waals surface area contributed by atoms with Crippen molar-refractivity contribution in [2.45, 2.75) is 19.4 Å². The lowest BCUT2D eigenvalue weighted by Gasteiger charge is -2.15. The Morgan fingerprint density at radius 3 is 2.74 bits per heavy atom. The van der Waals surface area contributed by atoms with Crippen molar-refractivity contribution in [1.29, 1.82) is 5.26 Å². The van der Waals surface area contributed by atoms with Crippen LogP contribution in [0.25, 0.3) is 0 Å². The SMILES string of the molecule is CCC(COC)Nc1sc(C(=O)OC)c(N)c1C#N. The highest BCUT2D eigenvalue weighted by Crippen LogP contribution is 2.36. The number of nitrogen functional groups attached to an aromatic ring is 1. The van der Waals surface area contributed by atoms with Gasteiger partial charge in [-0.2, -0.15) is 5.26 Å². The van der Waals surface area contributed by atoms with Crippen LogP contribution in [-0.2, 0) is 9.47 Å². The highest BCUT2D eigenvalue weighted by Gasteiger charge is 2.22. The van der Waals surface area contributed by atoms with E-state index in [1.54, 1.807) is 7.11 Å². The number of thiophene rings is 1. The first-order valence-electron chi connectivity index (χ1n) is 5.75. The Balaban J connectivity index is 3.07. The minimum atomic E-state index is -0.535. The number of nitrogens with one attached hydrogen (secondary N) is 1. The molecule has 0 aliphatic carbocycles. The van der Waals surface area contributed by atoms with Gasteiger partial charge >= 0.3 is 5.97 Å². The second-order valence-corrected chi connectivity index (χ2v) is 4.88. The molecule has 0 aliphatic rings. The molecule has 0 saturated heterocycles. The second-order valence-electron chi connectivity index (χ2n) is 3.86. The minimum absolute atomic E-state index is 0.0562. The zero-order valence-electron chi connectivity index (χ0n) is 11.1.